The molecule has 6 nitrogen and oxygen atoms in total. The molecule has 0 saturated carbocycles. The molecule has 0 bridgehead atoms. The SMILES string of the molecule is CC(CC(=O)O)CC(=O)Nc1cc(S(C)(=O)=O)ccc1F. The molecular formula is C13H16FNO5S. The third-order valence-electron chi connectivity index (χ3n) is 2.70. The molecule has 0 aliphatic rings. The Morgan fingerprint density at radius 1 is 1.33 bits per heavy atom. The molecule has 0 spiro atoms. The molecule has 0 fully saturated rings. The van der Waals surface area contributed by atoms with E-state index in [0.29, 0.717) is 0 Å². The van der Waals surface area contributed by atoms with Gasteiger partial charge in [-0.2, -0.15) is 0 Å². The molecule has 1 amide bonds. The van der Waals surface area contributed by atoms with Crippen LogP contribution in [0.2, 0.25) is 0 Å². The van der Waals surface area contributed by atoms with E-state index < -0.39 is 33.4 Å². The summed E-state index contributed by atoms with van der Waals surface area (Å²) in [5, 5.41) is 10.9. The van der Waals surface area contributed by atoms with Crippen LogP contribution < -0.4 is 5.32 Å². The summed E-state index contributed by atoms with van der Waals surface area (Å²) in [6, 6.07) is 3.09. The maximum absolute atomic E-state index is 13.6. The Bertz CT molecular complexity index is 657. The van der Waals surface area contributed by atoms with Crippen molar-refractivity contribution in [3.63, 3.8) is 0 Å². The lowest BCUT2D eigenvalue weighted by Crippen LogP contribution is -2.18. The number of halogens is 1. The maximum atomic E-state index is 13.6. The monoisotopic (exact) mass is 317 g/mol. The van der Waals surface area contributed by atoms with E-state index in [0.717, 1.165) is 24.5 Å². The van der Waals surface area contributed by atoms with Gasteiger partial charge in [0.2, 0.25) is 5.91 Å². The molecule has 0 aromatic heterocycles. The Hall–Kier alpha value is -1.96. The molecule has 0 saturated heterocycles. The number of rotatable bonds is 6. The number of nitrogens with one attached hydrogen (secondary N) is 1. The number of hydrogen-bond donors (Lipinski definition) is 2. The van der Waals surface area contributed by atoms with Crippen LogP contribution >= 0.6 is 0 Å². The van der Waals surface area contributed by atoms with Crippen LogP contribution in [0.5, 0.6) is 0 Å². The van der Waals surface area contributed by atoms with E-state index in [2.05, 4.69) is 5.32 Å². The number of amides is 1. The molecule has 116 valence electrons. The van der Waals surface area contributed by atoms with E-state index in [-0.39, 0.29) is 23.4 Å². The Labute approximate surface area is 121 Å². The molecule has 1 atom stereocenters. The minimum absolute atomic E-state index is 0.102. The van der Waals surface area contributed by atoms with Crippen molar-refractivity contribution in [1.29, 1.82) is 0 Å². The molecule has 21 heavy (non-hydrogen) atoms. The van der Waals surface area contributed by atoms with Crippen molar-refractivity contribution in [1.82, 2.24) is 0 Å². The first kappa shape index (κ1) is 17.1. The Kier molecular flexibility index (Phi) is 5.42. The molecule has 1 unspecified atom stereocenters. The minimum atomic E-state index is -3.51. The number of anilines is 1. The van der Waals surface area contributed by atoms with Crippen LogP contribution in [0.4, 0.5) is 10.1 Å². The van der Waals surface area contributed by atoms with Gasteiger partial charge in [0.25, 0.3) is 0 Å². The molecule has 0 radical (unpaired) electrons. The van der Waals surface area contributed by atoms with Gasteiger partial charge in [-0.3, -0.25) is 9.59 Å². The lowest BCUT2D eigenvalue weighted by Gasteiger charge is -2.11. The molecule has 2 N–H and O–H groups in total. The van der Waals surface area contributed by atoms with E-state index in [1.165, 1.54) is 0 Å². The predicted octanol–water partition coefficient (Wildman–Crippen LogP) is 1.67. The average Bonchev–Trinajstić information content (AvgIpc) is 2.28. The van der Waals surface area contributed by atoms with E-state index in [1.807, 2.05) is 0 Å². The number of carboxylic acids is 1. The van der Waals surface area contributed by atoms with Crippen molar-refractivity contribution < 1.29 is 27.5 Å². The van der Waals surface area contributed by atoms with Gasteiger partial charge in [-0.15, -0.1) is 0 Å². The number of hydrogen-bond acceptors (Lipinski definition) is 4. The lowest BCUT2D eigenvalue weighted by molar-refractivity contribution is -0.138. The second-order valence-corrected chi connectivity index (χ2v) is 6.88. The van der Waals surface area contributed by atoms with Gasteiger partial charge in [0.1, 0.15) is 5.82 Å². The predicted molar refractivity (Wildman–Crippen MR) is 74.2 cm³/mol. The molecular weight excluding hydrogens is 301 g/mol. The second kappa shape index (κ2) is 6.66. The van der Waals surface area contributed by atoms with E-state index in [9.17, 15) is 22.4 Å². The standard InChI is InChI=1S/C13H16FNO5S/c1-8(6-13(17)18)5-12(16)15-11-7-9(21(2,19)20)3-4-10(11)14/h3-4,7-8H,5-6H2,1-2H3,(H,15,16)(H,17,18). The van der Waals surface area contributed by atoms with Crippen molar-refractivity contribution in [2.24, 2.45) is 5.92 Å². The first-order valence-corrected chi connectivity index (χ1v) is 8.00. The zero-order valence-electron chi connectivity index (χ0n) is 11.6. The Morgan fingerprint density at radius 2 is 1.95 bits per heavy atom. The van der Waals surface area contributed by atoms with Crippen LogP contribution in [0, 0.1) is 11.7 Å². The zero-order chi connectivity index (χ0) is 16.2. The van der Waals surface area contributed by atoms with Gasteiger partial charge < -0.3 is 10.4 Å². The fourth-order valence-corrected chi connectivity index (χ4v) is 2.37. The number of carbonyl (C=O) groups excluding carboxylic acids is 1. The van der Waals surface area contributed by atoms with E-state index in [4.69, 9.17) is 5.11 Å². The number of benzene rings is 1. The van der Waals surface area contributed by atoms with Gasteiger partial charge in [-0.1, -0.05) is 6.92 Å². The first-order chi connectivity index (χ1) is 9.59. The fourth-order valence-electron chi connectivity index (χ4n) is 1.72. The van der Waals surface area contributed by atoms with Crippen LogP contribution in [0.1, 0.15) is 19.8 Å². The quantitative estimate of drug-likeness (QED) is 0.777. The molecule has 0 heterocycles. The van der Waals surface area contributed by atoms with E-state index >= 15 is 0 Å². The summed E-state index contributed by atoms with van der Waals surface area (Å²) in [4.78, 5) is 22.1. The van der Waals surface area contributed by atoms with Crippen molar-refractivity contribution in [2.45, 2.75) is 24.7 Å². The van der Waals surface area contributed by atoms with Crippen molar-refractivity contribution in [2.75, 3.05) is 11.6 Å². The summed E-state index contributed by atoms with van der Waals surface area (Å²) < 4.78 is 36.3. The van der Waals surface area contributed by atoms with Gasteiger partial charge in [0.15, 0.2) is 9.84 Å². The number of carbonyl (C=O) groups is 2. The first-order valence-electron chi connectivity index (χ1n) is 6.11. The lowest BCUT2D eigenvalue weighted by atomic mass is 10.0. The van der Waals surface area contributed by atoms with Crippen LogP contribution in [-0.2, 0) is 19.4 Å². The summed E-state index contributed by atoms with van der Waals surface area (Å²) in [5.41, 5.74) is -0.245. The molecule has 8 heteroatoms. The molecule has 1 aromatic carbocycles. The normalized spacial score (nSPS) is 12.7. The summed E-state index contributed by atoms with van der Waals surface area (Å²) in [5.74, 6) is -2.78. The number of aliphatic carboxylic acids is 1. The molecule has 0 aliphatic carbocycles. The Balaban J connectivity index is 2.83. The third kappa shape index (κ3) is 5.50. The Morgan fingerprint density at radius 3 is 2.48 bits per heavy atom. The highest BCUT2D eigenvalue weighted by Gasteiger charge is 2.16. The van der Waals surface area contributed by atoms with Gasteiger partial charge in [-0.05, 0) is 24.1 Å². The second-order valence-electron chi connectivity index (χ2n) is 4.87. The summed E-state index contributed by atoms with van der Waals surface area (Å²) in [6.07, 6.45) is 0.689. The minimum Gasteiger partial charge on any atom is -0.481 e. The largest absolute Gasteiger partial charge is 0.481 e. The van der Waals surface area contributed by atoms with Crippen molar-refractivity contribution >= 4 is 27.4 Å². The number of sulfone groups is 1. The third-order valence-corrected chi connectivity index (χ3v) is 3.81. The van der Waals surface area contributed by atoms with Gasteiger partial charge >= 0.3 is 5.97 Å². The highest BCUT2D eigenvalue weighted by Crippen LogP contribution is 2.20. The average molecular weight is 317 g/mol. The zero-order valence-corrected chi connectivity index (χ0v) is 12.4. The van der Waals surface area contributed by atoms with Crippen LogP contribution in [0.3, 0.4) is 0 Å². The highest BCUT2D eigenvalue weighted by atomic mass is 32.2. The molecule has 1 rings (SSSR count). The molecule has 0 aliphatic heterocycles. The maximum Gasteiger partial charge on any atom is 0.303 e. The van der Waals surface area contributed by atoms with E-state index in [1.54, 1.807) is 6.92 Å². The molecule has 1 aromatic rings. The summed E-state index contributed by atoms with van der Waals surface area (Å²) in [6.45, 7) is 1.58. The summed E-state index contributed by atoms with van der Waals surface area (Å²) >= 11 is 0. The van der Waals surface area contributed by atoms with Crippen LogP contribution in [-0.4, -0.2) is 31.7 Å². The topological polar surface area (TPSA) is 101 Å². The van der Waals surface area contributed by atoms with Gasteiger partial charge in [-0.25, -0.2) is 12.8 Å². The summed E-state index contributed by atoms with van der Waals surface area (Å²) in [7, 11) is -3.51. The van der Waals surface area contributed by atoms with Crippen LogP contribution in [0.15, 0.2) is 23.1 Å². The van der Waals surface area contributed by atoms with Crippen molar-refractivity contribution in [3.05, 3.63) is 24.0 Å². The fraction of sp³-hybridized carbons (Fsp3) is 0.385. The van der Waals surface area contributed by atoms with Gasteiger partial charge in [0, 0.05) is 19.1 Å². The number of carboxylic acid groups (broad SMARTS) is 1. The van der Waals surface area contributed by atoms with Gasteiger partial charge in [0.05, 0.1) is 10.6 Å². The smallest absolute Gasteiger partial charge is 0.303 e. The van der Waals surface area contributed by atoms with Crippen LogP contribution in [0.25, 0.3) is 0 Å². The van der Waals surface area contributed by atoms with Crippen molar-refractivity contribution in [3.8, 4) is 0 Å². The highest BCUT2D eigenvalue weighted by molar-refractivity contribution is 7.90.